The SMILES string of the molecule is N#Cc1cccc(Cn2cccc2C#N)c1F. The van der Waals surface area contributed by atoms with E-state index in [1.54, 1.807) is 41.1 Å². The maximum absolute atomic E-state index is 13.8. The Kier molecular flexibility index (Phi) is 2.89. The second-order valence-corrected chi connectivity index (χ2v) is 3.52. The smallest absolute Gasteiger partial charge is 0.145 e. The van der Waals surface area contributed by atoms with Gasteiger partial charge < -0.3 is 4.57 Å². The third kappa shape index (κ3) is 2.02. The third-order valence-corrected chi connectivity index (χ3v) is 2.48. The fourth-order valence-corrected chi connectivity index (χ4v) is 1.63. The number of nitriles is 2. The molecule has 1 aromatic carbocycles. The van der Waals surface area contributed by atoms with E-state index in [2.05, 4.69) is 0 Å². The van der Waals surface area contributed by atoms with Crippen molar-refractivity contribution in [2.75, 3.05) is 0 Å². The zero-order valence-electron chi connectivity index (χ0n) is 8.89. The summed E-state index contributed by atoms with van der Waals surface area (Å²) >= 11 is 0. The van der Waals surface area contributed by atoms with Crippen LogP contribution in [0.5, 0.6) is 0 Å². The van der Waals surface area contributed by atoms with E-state index in [0.717, 1.165) is 0 Å². The Morgan fingerprint density at radius 1 is 1.12 bits per heavy atom. The first-order valence-corrected chi connectivity index (χ1v) is 4.99. The largest absolute Gasteiger partial charge is 0.335 e. The van der Waals surface area contributed by atoms with Gasteiger partial charge >= 0.3 is 0 Å². The molecular weight excluding hydrogens is 217 g/mol. The van der Waals surface area contributed by atoms with Crippen LogP contribution in [0.25, 0.3) is 0 Å². The molecule has 0 aliphatic carbocycles. The molecule has 0 bridgehead atoms. The van der Waals surface area contributed by atoms with Crippen molar-refractivity contribution < 1.29 is 4.39 Å². The Morgan fingerprint density at radius 3 is 2.65 bits per heavy atom. The molecule has 2 aromatic rings. The van der Waals surface area contributed by atoms with Gasteiger partial charge in [-0.05, 0) is 18.2 Å². The fraction of sp³-hybridized carbons (Fsp3) is 0.0769. The molecule has 0 N–H and O–H groups in total. The molecule has 4 heteroatoms. The van der Waals surface area contributed by atoms with Gasteiger partial charge in [0.1, 0.15) is 23.6 Å². The van der Waals surface area contributed by atoms with Crippen LogP contribution in [0.2, 0.25) is 0 Å². The van der Waals surface area contributed by atoms with Crippen LogP contribution < -0.4 is 0 Å². The van der Waals surface area contributed by atoms with Gasteiger partial charge in [0.05, 0.1) is 12.1 Å². The van der Waals surface area contributed by atoms with Crippen molar-refractivity contribution in [3.63, 3.8) is 0 Å². The van der Waals surface area contributed by atoms with Crippen molar-refractivity contribution in [1.29, 1.82) is 10.5 Å². The van der Waals surface area contributed by atoms with E-state index in [1.165, 1.54) is 6.07 Å². The lowest BCUT2D eigenvalue weighted by Crippen LogP contribution is -2.03. The molecule has 0 aliphatic rings. The van der Waals surface area contributed by atoms with Crippen molar-refractivity contribution >= 4 is 0 Å². The quantitative estimate of drug-likeness (QED) is 0.788. The van der Waals surface area contributed by atoms with Crippen LogP contribution in [0.3, 0.4) is 0 Å². The molecule has 0 fully saturated rings. The van der Waals surface area contributed by atoms with Crippen LogP contribution in [0.4, 0.5) is 4.39 Å². The van der Waals surface area contributed by atoms with Gasteiger partial charge in [0, 0.05) is 11.8 Å². The molecular formula is C13H8FN3. The summed E-state index contributed by atoms with van der Waals surface area (Å²) in [5.74, 6) is -0.521. The molecule has 82 valence electrons. The number of nitrogens with zero attached hydrogens (tertiary/aromatic N) is 3. The maximum atomic E-state index is 13.8. The first-order chi connectivity index (χ1) is 8.26. The van der Waals surface area contributed by atoms with Gasteiger partial charge in [-0.25, -0.2) is 4.39 Å². The lowest BCUT2D eigenvalue weighted by Gasteiger charge is -2.06. The minimum absolute atomic E-state index is 0.0214. The first kappa shape index (κ1) is 10.9. The van der Waals surface area contributed by atoms with Crippen LogP contribution in [0, 0.1) is 28.5 Å². The molecule has 0 saturated heterocycles. The van der Waals surface area contributed by atoms with Gasteiger partial charge in [0.15, 0.2) is 0 Å². The standard InChI is InChI=1S/C13H8FN3/c14-13-10(7-15)3-1-4-11(13)9-17-6-2-5-12(17)8-16/h1-6H,9H2. The lowest BCUT2D eigenvalue weighted by molar-refractivity contribution is 0.595. The summed E-state index contributed by atoms with van der Waals surface area (Å²) in [6.45, 7) is 0.247. The van der Waals surface area contributed by atoms with E-state index in [-0.39, 0.29) is 12.1 Å². The van der Waals surface area contributed by atoms with Crippen molar-refractivity contribution in [3.8, 4) is 12.1 Å². The number of halogens is 1. The highest BCUT2D eigenvalue weighted by atomic mass is 19.1. The highest BCUT2D eigenvalue weighted by Crippen LogP contribution is 2.14. The highest BCUT2D eigenvalue weighted by Gasteiger charge is 2.09. The minimum Gasteiger partial charge on any atom is -0.335 e. The Labute approximate surface area is 98.0 Å². The van der Waals surface area contributed by atoms with Crippen LogP contribution in [-0.4, -0.2) is 4.57 Å². The van der Waals surface area contributed by atoms with Crippen molar-refractivity contribution in [3.05, 3.63) is 59.2 Å². The number of aromatic nitrogens is 1. The molecule has 1 aromatic heterocycles. The molecule has 0 atom stereocenters. The zero-order chi connectivity index (χ0) is 12.3. The number of hydrogen-bond acceptors (Lipinski definition) is 2. The van der Waals surface area contributed by atoms with Crippen LogP contribution in [0.1, 0.15) is 16.8 Å². The first-order valence-electron chi connectivity index (χ1n) is 4.99. The molecule has 1 heterocycles. The van der Waals surface area contributed by atoms with Gasteiger partial charge in [-0.3, -0.25) is 0 Å². The number of hydrogen-bond donors (Lipinski definition) is 0. The summed E-state index contributed by atoms with van der Waals surface area (Å²) in [6.07, 6.45) is 1.71. The number of rotatable bonds is 2. The molecule has 0 unspecified atom stereocenters. The summed E-state index contributed by atoms with van der Waals surface area (Å²) in [6, 6.07) is 11.9. The van der Waals surface area contributed by atoms with Gasteiger partial charge in [0.2, 0.25) is 0 Å². The third-order valence-electron chi connectivity index (χ3n) is 2.48. The van der Waals surface area contributed by atoms with E-state index in [9.17, 15) is 4.39 Å². The normalized spacial score (nSPS) is 9.59. The Hall–Kier alpha value is -2.59. The van der Waals surface area contributed by atoms with E-state index >= 15 is 0 Å². The van der Waals surface area contributed by atoms with Crippen molar-refractivity contribution in [2.45, 2.75) is 6.54 Å². The van der Waals surface area contributed by atoms with Gasteiger partial charge in [-0.2, -0.15) is 10.5 Å². The average molecular weight is 225 g/mol. The number of benzene rings is 1. The van der Waals surface area contributed by atoms with E-state index < -0.39 is 5.82 Å². The van der Waals surface area contributed by atoms with Crippen molar-refractivity contribution in [1.82, 2.24) is 4.57 Å². The molecule has 17 heavy (non-hydrogen) atoms. The second kappa shape index (κ2) is 4.51. The summed E-state index contributed by atoms with van der Waals surface area (Å²) in [7, 11) is 0. The Morgan fingerprint density at radius 2 is 1.94 bits per heavy atom. The molecule has 0 spiro atoms. The maximum Gasteiger partial charge on any atom is 0.145 e. The second-order valence-electron chi connectivity index (χ2n) is 3.52. The molecule has 2 rings (SSSR count). The van der Waals surface area contributed by atoms with Gasteiger partial charge in [-0.1, -0.05) is 12.1 Å². The zero-order valence-corrected chi connectivity index (χ0v) is 8.89. The van der Waals surface area contributed by atoms with Gasteiger partial charge in [0.25, 0.3) is 0 Å². The molecule has 3 nitrogen and oxygen atoms in total. The predicted molar refractivity (Wildman–Crippen MR) is 59.4 cm³/mol. The van der Waals surface area contributed by atoms with Gasteiger partial charge in [-0.15, -0.1) is 0 Å². The molecule has 0 radical (unpaired) electrons. The van der Waals surface area contributed by atoms with Crippen LogP contribution in [-0.2, 0) is 6.54 Å². The summed E-state index contributed by atoms with van der Waals surface area (Å²) in [5.41, 5.74) is 0.886. The van der Waals surface area contributed by atoms with Crippen molar-refractivity contribution in [2.24, 2.45) is 0 Å². The molecule has 0 saturated carbocycles. The van der Waals surface area contributed by atoms with Crippen LogP contribution >= 0.6 is 0 Å². The minimum atomic E-state index is -0.521. The Balaban J connectivity index is 2.38. The van der Waals surface area contributed by atoms with Crippen LogP contribution in [0.15, 0.2) is 36.5 Å². The molecule has 0 amide bonds. The predicted octanol–water partition coefficient (Wildman–Crippen LogP) is 2.42. The summed E-state index contributed by atoms with van der Waals surface area (Å²) in [4.78, 5) is 0. The Bertz CT molecular complexity index is 629. The topological polar surface area (TPSA) is 52.5 Å². The molecule has 0 aliphatic heterocycles. The monoisotopic (exact) mass is 225 g/mol. The van der Waals surface area contributed by atoms with E-state index in [4.69, 9.17) is 10.5 Å². The van der Waals surface area contributed by atoms with E-state index in [1.807, 2.05) is 6.07 Å². The average Bonchev–Trinajstić information content (AvgIpc) is 2.79. The fourth-order valence-electron chi connectivity index (χ4n) is 1.63. The lowest BCUT2D eigenvalue weighted by atomic mass is 10.1. The van der Waals surface area contributed by atoms with E-state index in [0.29, 0.717) is 11.3 Å². The summed E-state index contributed by atoms with van der Waals surface area (Å²) < 4.78 is 15.4. The summed E-state index contributed by atoms with van der Waals surface area (Å²) in [5, 5.41) is 17.6. The highest BCUT2D eigenvalue weighted by molar-refractivity contribution is 5.35.